The average Bonchev–Trinajstić information content (AvgIpc) is 2.27. The Morgan fingerprint density at radius 2 is 1.82 bits per heavy atom. The van der Waals surface area contributed by atoms with E-state index in [0.29, 0.717) is 17.3 Å². The molecule has 0 aliphatic heterocycles. The summed E-state index contributed by atoms with van der Waals surface area (Å²) in [4.78, 5) is 4.17. The number of anilines is 4. The van der Waals surface area contributed by atoms with Crippen molar-refractivity contribution in [1.82, 2.24) is 4.98 Å². The van der Waals surface area contributed by atoms with Crippen molar-refractivity contribution in [2.45, 2.75) is 13.8 Å². The zero-order valence-electron chi connectivity index (χ0n) is 9.99. The monoisotopic (exact) mass is 228 g/mol. The van der Waals surface area contributed by atoms with Gasteiger partial charge < -0.3 is 16.8 Å². The van der Waals surface area contributed by atoms with Crippen LogP contribution >= 0.6 is 0 Å². The number of pyridine rings is 1. The predicted octanol–water partition coefficient (Wildman–Crippen LogP) is 2.61. The van der Waals surface area contributed by atoms with Crippen molar-refractivity contribution >= 4 is 23.0 Å². The molecule has 1 aromatic carbocycles. The Morgan fingerprint density at radius 3 is 2.47 bits per heavy atom. The van der Waals surface area contributed by atoms with Gasteiger partial charge in [-0.05, 0) is 37.6 Å². The molecular formula is C13H16N4. The third kappa shape index (κ3) is 2.47. The molecule has 1 heterocycles. The van der Waals surface area contributed by atoms with Gasteiger partial charge in [-0.25, -0.2) is 4.98 Å². The largest absolute Gasteiger partial charge is 0.396 e. The van der Waals surface area contributed by atoms with E-state index in [9.17, 15) is 0 Å². The van der Waals surface area contributed by atoms with Gasteiger partial charge in [-0.3, -0.25) is 0 Å². The Hall–Kier alpha value is -2.23. The van der Waals surface area contributed by atoms with Crippen LogP contribution in [-0.2, 0) is 0 Å². The van der Waals surface area contributed by atoms with E-state index in [1.54, 1.807) is 6.07 Å². The highest BCUT2D eigenvalue weighted by atomic mass is 15.0. The molecule has 0 atom stereocenters. The fourth-order valence-corrected chi connectivity index (χ4v) is 1.65. The first-order valence-electron chi connectivity index (χ1n) is 5.42. The maximum atomic E-state index is 5.66. The van der Waals surface area contributed by atoms with E-state index in [2.05, 4.69) is 36.3 Å². The van der Waals surface area contributed by atoms with Crippen LogP contribution < -0.4 is 16.8 Å². The van der Waals surface area contributed by atoms with Crippen LogP contribution in [0.2, 0.25) is 0 Å². The SMILES string of the molecule is Cc1ccc(Nc2ccc(N)c(N)n2)c(C)c1. The maximum Gasteiger partial charge on any atom is 0.149 e. The van der Waals surface area contributed by atoms with E-state index in [1.165, 1.54) is 11.1 Å². The van der Waals surface area contributed by atoms with Gasteiger partial charge in [0.25, 0.3) is 0 Å². The minimum atomic E-state index is 0.347. The average molecular weight is 228 g/mol. The number of nitrogens with two attached hydrogens (primary N) is 2. The molecule has 4 nitrogen and oxygen atoms in total. The van der Waals surface area contributed by atoms with Crippen LogP contribution in [0.15, 0.2) is 30.3 Å². The first-order valence-corrected chi connectivity index (χ1v) is 5.42. The fourth-order valence-electron chi connectivity index (χ4n) is 1.65. The molecule has 2 aromatic rings. The molecule has 0 saturated heterocycles. The van der Waals surface area contributed by atoms with Gasteiger partial charge in [0.15, 0.2) is 0 Å². The van der Waals surface area contributed by atoms with Crippen molar-refractivity contribution in [1.29, 1.82) is 0 Å². The van der Waals surface area contributed by atoms with Crippen LogP contribution in [0.1, 0.15) is 11.1 Å². The molecule has 0 aliphatic carbocycles. The first-order chi connectivity index (χ1) is 8.06. The van der Waals surface area contributed by atoms with Crippen LogP contribution in [0.4, 0.5) is 23.0 Å². The lowest BCUT2D eigenvalue weighted by Gasteiger charge is -2.10. The highest BCUT2D eigenvalue weighted by Gasteiger charge is 2.02. The molecule has 88 valence electrons. The molecule has 0 spiro atoms. The van der Waals surface area contributed by atoms with Crippen molar-refractivity contribution in [3.8, 4) is 0 Å². The smallest absolute Gasteiger partial charge is 0.149 e. The summed E-state index contributed by atoms with van der Waals surface area (Å²) in [5, 5.41) is 3.22. The molecular weight excluding hydrogens is 212 g/mol. The second-order valence-electron chi connectivity index (χ2n) is 4.11. The second-order valence-corrected chi connectivity index (χ2v) is 4.11. The number of rotatable bonds is 2. The van der Waals surface area contributed by atoms with Gasteiger partial charge in [0.05, 0.1) is 5.69 Å². The summed E-state index contributed by atoms with van der Waals surface area (Å²) in [6, 6.07) is 9.75. The number of nitrogen functional groups attached to an aromatic ring is 2. The molecule has 0 bridgehead atoms. The Kier molecular flexibility index (Phi) is 2.87. The number of hydrogen-bond donors (Lipinski definition) is 3. The highest BCUT2D eigenvalue weighted by molar-refractivity contribution is 5.66. The summed E-state index contributed by atoms with van der Waals surface area (Å²) in [6.07, 6.45) is 0. The van der Waals surface area contributed by atoms with Crippen molar-refractivity contribution < 1.29 is 0 Å². The topological polar surface area (TPSA) is 77.0 Å². The van der Waals surface area contributed by atoms with Gasteiger partial charge in [-0.15, -0.1) is 0 Å². The molecule has 0 fully saturated rings. The highest BCUT2D eigenvalue weighted by Crippen LogP contribution is 2.22. The van der Waals surface area contributed by atoms with E-state index in [1.807, 2.05) is 12.1 Å². The standard InChI is InChI=1S/C13H16N4/c1-8-3-5-11(9(2)7-8)16-12-6-4-10(14)13(15)17-12/h3-7H,14H2,1-2H3,(H3,15,16,17). The number of aryl methyl sites for hydroxylation is 2. The number of benzene rings is 1. The summed E-state index contributed by atoms with van der Waals surface area (Å²) in [6.45, 7) is 4.12. The Morgan fingerprint density at radius 1 is 1.06 bits per heavy atom. The lowest BCUT2D eigenvalue weighted by atomic mass is 10.1. The lowest BCUT2D eigenvalue weighted by Crippen LogP contribution is -2.01. The first kappa shape index (κ1) is 11.3. The van der Waals surface area contributed by atoms with E-state index in [4.69, 9.17) is 11.5 Å². The third-order valence-electron chi connectivity index (χ3n) is 2.60. The van der Waals surface area contributed by atoms with E-state index < -0.39 is 0 Å². The van der Waals surface area contributed by atoms with Crippen LogP contribution in [0.3, 0.4) is 0 Å². The van der Waals surface area contributed by atoms with Crippen molar-refractivity contribution in [2.75, 3.05) is 16.8 Å². The molecule has 1 aromatic heterocycles. The number of nitrogens with zero attached hydrogens (tertiary/aromatic N) is 1. The molecule has 5 N–H and O–H groups in total. The van der Waals surface area contributed by atoms with Crippen LogP contribution in [0, 0.1) is 13.8 Å². The van der Waals surface area contributed by atoms with E-state index in [-0.39, 0.29) is 0 Å². The zero-order chi connectivity index (χ0) is 12.4. The number of nitrogens with one attached hydrogen (secondary N) is 1. The number of hydrogen-bond acceptors (Lipinski definition) is 4. The second kappa shape index (κ2) is 4.33. The van der Waals surface area contributed by atoms with Crippen LogP contribution in [0.25, 0.3) is 0 Å². The normalized spacial score (nSPS) is 10.2. The number of aromatic nitrogens is 1. The molecule has 0 amide bonds. The quantitative estimate of drug-likeness (QED) is 0.738. The van der Waals surface area contributed by atoms with Crippen molar-refractivity contribution in [3.63, 3.8) is 0 Å². The van der Waals surface area contributed by atoms with Gasteiger partial charge in [0.2, 0.25) is 0 Å². The zero-order valence-corrected chi connectivity index (χ0v) is 9.99. The minimum Gasteiger partial charge on any atom is -0.396 e. The van der Waals surface area contributed by atoms with Gasteiger partial charge >= 0.3 is 0 Å². The van der Waals surface area contributed by atoms with E-state index in [0.717, 1.165) is 5.69 Å². The molecule has 17 heavy (non-hydrogen) atoms. The summed E-state index contributed by atoms with van der Waals surface area (Å²) in [7, 11) is 0. The maximum absolute atomic E-state index is 5.66. The Bertz CT molecular complexity index is 549. The van der Waals surface area contributed by atoms with E-state index >= 15 is 0 Å². The van der Waals surface area contributed by atoms with Crippen LogP contribution in [-0.4, -0.2) is 4.98 Å². The third-order valence-corrected chi connectivity index (χ3v) is 2.60. The molecule has 0 saturated carbocycles. The summed E-state index contributed by atoms with van der Waals surface area (Å²) < 4.78 is 0. The molecule has 2 rings (SSSR count). The lowest BCUT2D eigenvalue weighted by molar-refractivity contribution is 1.30. The summed E-state index contributed by atoms with van der Waals surface area (Å²) in [5.41, 5.74) is 15.2. The molecule has 0 unspecified atom stereocenters. The predicted molar refractivity (Wildman–Crippen MR) is 72.3 cm³/mol. The minimum absolute atomic E-state index is 0.347. The Labute approximate surface area is 101 Å². The van der Waals surface area contributed by atoms with Crippen molar-refractivity contribution in [2.24, 2.45) is 0 Å². The Balaban J connectivity index is 2.28. The fraction of sp³-hybridized carbons (Fsp3) is 0.154. The van der Waals surface area contributed by atoms with Crippen molar-refractivity contribution in [3.05, 3.63) is 41.5 Å². The molecule has 0 aliphatic rings. The van der Waals surface area contributed by atoms with Gasteiger partial charge in [-0.2, -0.15) is 0 Å². The van der Waals surface area contributed by atoms with Gasteiger partial charge in [0.1, 0.15) is 11.6 Å². The molecule has 0 radical (unpaired) electrons. The van der Waals surface area contributed by atoms with Gasteiger partial charge in [0, 0.05) is 5.69 Å². The van der Waals surface area contributed by atoms with Gasteiger partial charge in [-0.1, -0.05) is 17.7 Å². The molecule has 4 heteroatoms. The summed E-state index contributed by atoms with van der Waals surface area (Å²) in [5.74, 6) is 1.04. The van der Waals surface area contributed by atoms with Crippen LogP contribution in [0.5, 0.6) is 0 Å². The summed E-state index contributed by atoms with van der Waals surface area (Å²) >= 11 is 0.